The Hall–Kier alpha value is -1.06. The number of benzene rings is 1. The maximum absolute atomic E-state index is 6.12. The first-order valence-corrected chi connectivity index (χ1v) is 7.74. The van der Waals surface area contributed by atoms with Crippen molar-refractivity contribution < 1.29 is 9.47 Å². The zero-order valence-corrected chi connectivity index (χ0v) is 13.1. The second-order valence-corrected chi connectivity index (χ2v) is 5.70. The molecule has 2 rings (SSSR count). The molecule has 1 N–H and O–H groups in total. The molecular weight excluding hydrogens is 250 g/mol. The average Bonchev–Trinajstić information content (AvgIpc) is 2.38. The van der Waals surface area contributed by atoms with E-state index < -0.39 is 0 Å². The van der Waals surface area contributed by atoms with Gasteiger partial charge < -0.3 is 14.8 Å². The lowest BCUT2D eigenvalue weighted by Gasteiger charge is -2.44. The van der Waals surface area contributed by atoms with Gasteiger partial charge in [0.1, 0.15) is 18.0 Å². The molecule has 3 nitrogen and oxygen atoms in total. The Balaban J connectivity index is 1.95. The highest BCUT2D eigenvalue weighted by atomic mass is 16.5. The van der Waals surface area contributed by atoms with E-state index in [4.69, 9.17) is 9.47 Å². The summed E-state index contributed by atoms with van der Waals surface area (Å²) in [6.07, 6.45) is 2.52. The van der Waals surface area contributed by atoms with Crippen LogP contribution < -0.4 is 10.1 Å². The van der Waals surface area contributed by atoms with Gasteiger partial charge in [-0.3, -0.25) is 0 Å². The highest BCUT2D eigenvalue weighted by Gasteiger charge is 2.43. The number of rotatable bonds is 7. The first kappa shape index (κ1) is 15.3. The molecule has 0 bridgehead atoms. The molecule has 0 saturated heterocycles. The zero-order valence-electron chi connectivity index (χ0n) is 13.1. The smallest absolute Gasteiger partial charge is 0.128 e. The molecule has 3 atom stereocenters. The summed E-state index contributed by atoms with van der Waals surface area (Å²) in [5, 5.41) is 3.54. The second-order valence-electron chi connectivity index (χ2n) is 5.70. The predicted octanol–water partition coefficient (Wildman–Crippen LogP) is 3.23. The number of hydrogen-bond donors (Lipinski definition) is 1. The molecule has 112 valence electrons. The average molecular weight is 277 g/mol. The van der Waals surface area contributed by atoms with Gasteiger partial charge in [0.05, 0.1) is 0 Å². The summed E-state index contributed by atoms with van der Waals surface area (Å²) in [4.78, 5) is 0. The Morgan fingerprint density at radius 2 is 1.85 bits per heavy atom. The minimum absolute atomic E-state index is 0.172. The molecule has 0 aliphatic heterocycles. The Bertz CT molecular complexity index is 413. The SMILES string of the molecule is CCCNC1CC(Oc2cc(C)cc(C)c2)C1OCC. The first-order chi connectivity index (χ1) is 9.63. The lowest BCUT2D eigenvalue weighted by Crippen LogP contribution is -2.61. The summed E-state index contributed by atoms with van der Waals surface area (Å²) in [6.45, 7) is 10.2. The maximum Gasteiger partial charge on any atom is 0.128 e. The fourth-order valence-corrected chi connectivity index (χ4v) is 2.82. The van der Waals surface area contributed by atoms with Gasteiger partial charge in [-0.1, -0.05) is 13.0 Å². The highest BCUT2D eigenvalue weighted by Crippen LogP contribution is 2.30. The lowest BCUT2D eigenvalue weighted by atomic mass is 9.85. The third-order valence-corrected chi connectivity index (χ3v) is 3.75. The van der Waals surface area contributed by atoms with Gasteiger partial charge in [0, 0.05) is 19.1 Å². The third kappa shape index (κ3) is 3.74. The summed E-state index contributed by atoms with van der Waals surface area (Å²) in [6, 6.07) is 6.80. The molecular formula is C17H27NO2. The number of ether oxygens (including phenoxy) is 2. The molecule has 0 radical (unpaired) electrons. The maximum atomic E-state index is 6.12. The Labute approximate surface area is 122 Å². The number of hydrogen-bond acceptors (Lipinski definition) is 3. The topological polar surface area (TPSA) is 30.5 Å². The van der Waals surface area contributed by atoms with Crippen molar-refractivity contribution >= 4 is 0 Å². The van der Waals surface area contributed by atoms with E-state index in [-0.39, 0.29) is 12.2 Å². The highest BCUT2D eigenvalue weighted by molar-refractivity contribution is 5.33. The van der Waals surface area contributed by atoms with Crippen LogP contribution in [0.3, 0.4) is 0 Å². The van der Waals surface area contributed by atoms with E-state index in [0.717, 1.165) is 31.7 Å². The molecule has 0 heterocycles. The fourth-order valence-electron chi connectivity index (χ4n) is 2.82. The summed E-state index contributed by atoms with van der Waals surface area (Å²) in [5.41, 5.74) is 2.49. The van der Waals surface area contributed by atoms with Gasteiger partial charge in [0.15, 0.2) is 0 Å². The van der Waals surface area contributed by atoms with Crippen molar-refractivity contribution in [3.63, 3.8) is 0 Å². The molecule has 1 aliphatic rings. The minimum atomic E-state index is 0.172. The van der Waals surface area contributed by atoms with Crippen LogP contribution in [0.2, 0.25) is 0 Å². The monoisotopic (exact) mass is 277 g/mol. The van der Waals surface area contributed by atoms with E-state index in [2.05, 4.69) is 44.3 Å². The van der Waals surface area contributed by atoms with Gasteiger partial charge >= 0.3 is 0 Å². The Morgan fingerprint density at radius 3 is 2.45 bits per heavy atom. The van der Waals surface area contributed by atoms with Gasteiger partial charge in [-0.05, 0) is 57.0 Å². The van der Waals surface area contributed by atoms with Crippen LogP contribution in [0.1, 0.15) is 37.8 Å². The molecule has 3 unspecified atom stereocenters. The summed E-state index contributed by atoms with van der Waals surface area (Å²) in [7, 11) is 0. The molecule has 0 spiro atoms. The van der Waals surface area contributed by atoms with Gasteiger partial charge in [-0.15, -0.1) is 0 Å². The van der Waals surface area contributed by atoms with Gasteiger partial charge in [0.2, 0.25) is 0 Å². The van der Waals surface area contributed by atoms with Crippen LogP contribution in [0, 0.1) is 13.8 Å². The zero-order chi connectivity index (χ0) is 14.5. The van der Waals surface area contributed by atoms with Crippen molar-refractivity contribution in [2.45, 2.75) is 58.8 Å². The van der Waals surface area contributed by atoms with E-state index in [0.29, 0.717) is 6.04 Å². The lowest BCUT2D eigenvalue weighted by molar-refractivity contribution is -0.104. The summed E-state index contributed by atoms with van der Waals surface area (Å²) >= 11 is 0. The van der Waals surface area contributed by atoms with Gasteiger partial charge in [-0.25, -0.2) is 0 Å². The predicted molar refractivity (Wildman–Crippen MR) is 82.4 cm³/mol. The Kier molecular flexibility index (Phi) is 5.44. The molecule has 1 saturated carbocycles. The molecule has 1 fully saturated rings. The first-order valence-electron chi connectivity index (χ1n) is 7.74. The summed E-state index contributed by atoms with van der Waals surface area (Å²) < 4.78 is 12.0. The van der Waals surface area contributed by atoms with E-state index in [1.165, 1.54) is 11.1 Å². The standard InChI is InChI=1S/C17H27NO2/c1-5-7-18-15-11-16(17(15)19-6-2)20-14-9-12(3)8-13(4)10-14/h8-10,15-18H,5-7,11H2,1-4H3. The minimum Gasteiger partial charge on any atom is -0.488 e. The van der Waals surface area contributed by atoms with Crippen molar-refractivity contribution in [3.8, 4) is 5.75 Å². The van der Waals surface area contributed by atoms with Crippen LogP contribution in [0.25, 0.3) is 0 Å². The van der Waals surface area contributed by atoms with E-state index in [1.807, 2.05) is 6.92 Å². The quantitative estimate of drug-likeness (QED) is 0.830. The fraction of sp³-hybridized carbons (Fsp3) is 0.647. The van der Waals surface area contributed by atoms with Crippen LogP contribution in [0.4, 0.5) is 0 Å². The number of aryl methyl sites for hydroxylation is 2. The van der Waals surface area contributed by atoms with E-state index in [1.54, 1.807) is 0 Å². The van der Waals surface area contributed by atoms with Crippen LogP contribution in [-0.4, -0.2) is 31.4 Å². The van der Waals surface area contributed by atoms with E-state index in [9.17, 15) is 0 Å². The van der Waals surface area contributed by atoms with Crippen molar-refractivity contribution in [2.75, 3.05) is 13.2 Å². The molecule has 1 aromatic rings. The van der Waals surface area contributed by atoms with Crippen LogP contribution >= 0.6 is 0 Å². The molecule has 0 aromatic heterocycles. The second kappa shape index (κ2) is 7.09. The number of nitrogens with one attached hydrogen (secondary N) is 1. The molecule has 0 amide bonds. The van der Waals surface area contributed by atoms with Crippen molar-refractivity contribution in [1.29, 1.82) is 0 Å². The van der Waals surface area contributed by atoms with Crippen molar-refractivity contribution in [1.82, 2.24) is 5.32 Å². The van der Waals surface area contributed by atoms with Crippen LogP contribution in [0.5, 0.6) is 5.75 Å². The summed E-state index contributed by atoms with van der Waals surface area (Å²) in [5.74, 6) is 0.964. The van der Waals surface area contributed by atoms with E-state index >= 15 is 0 Å². The molecule has 1 aromatic carbocycles. The molecule has 3 heteroatoms. The van der Waals surface area contributed by atoms with Crippen LogP contribution in [0.15, 0.2) is 18.2 Å². The largest absolute Gasteiger partial charge is 0.488 e. The van der Waals surface area contributed by atoms with Crippen molar-refractivity contribution in [2.24, 2.45) is 0 Å². The van der Waals surface area contributed by atoms with Crippen molar-refractivity contribution in [3.05, 3.63) is 29.3 Å². The van der Waals surface area contributed by atoms with Gasteiger partial charge in [0.25, 0.3) is 0 Å². The third-order valence-electron chi connectivity index (χ3n) is 3.75. The normalized spacial score (nSPS) is 25.3. The Morgan fingerprint density at radius 1 is 1.15 bits per heavy atom. The molecule has 1 aliphatic carbocycles. The molecule has 20 heavy (non-hydrogen) atoms. The van der Waals surface area contributed by atoms with Gasteiger partial charge in [-0.2, -0.15) is 0 Å². The van der Waals surface area contributed by atoms with Crippen LogP contribution in [-0.2, 0) is 4.74 Å².